The average molecular weight is 489 g/mol. The maximum Gasteiger partial charge on any atom is 0.302 e. The summed E-state index contributed by atoms with van der Waals surface area (Å²) >= 11 is 17.8. The summed E-state index contributed by atoms with van der Waals surface area (Å²) in [5.74, 6) is 0.579. The van der Waals surface area contributed by atoms with Crippen molar-refractivity contribution in [3.05, 3.63) is 69.4 Å². The van der Waals surface area contributed by atoms with Crippen molar-refractivity contribution in [2.24, 2.45) is 0 Å². The number of benzene rings is 2. The minimum Gasteiger partial charge on any atom is -0.426 e. The van der Waals surface area contributed by atoms with Crippen LogP contribution >= 0.6 is 34.8 Å². The number of halogens is 3. The third-order valence-corrected chi connectivity index (χ3v) is 7.65. The van der Waals surface area contributed by atoms with E-state index in [1.807, 2.05) is 11.5 Å². The summed E-state index contributed by atoms with van der Waals surface area (Å²) in [7, 11) is -2.30. The Balaban J connectivity index is 1.90. The first kappa shape index (κ1) is 22.9. The van der Waals surface area contributed by atoms with Crippen LogP contribution in [-0.2, 0) is 16.6 Å². The van der Waals surface area contributed by atoms with Gasteiger partial charge in [-0.2, -0.15) is 4.31 Å². The summed E-state index contributed by atoms with van der Waals surface area (Å²) in [5.41, 5.74) is 0.688. The number of rotatable bonds is 7. The van der Waals surface area contributed by atoms with Crippen molar-refractivity contribution in [1.82, 2.24) is 13.9 Å². The van der Waals surface area contributed by atoms with E-state index in [-0.39, 0.29) is 9.92 Å². The molecule has 0 amide bonds. The van der Waals surface area contributed by atoms with Crippen molar-refractivity contribution in [3.8, 4) is 11.8 Å². The van der Waals surface area contributed by atoms with E-state index in [0.717, 1.165) is 0 Å². The predicted molar refractivity (Wildman–Crippen MR) is 119 cm³/mol. The number of nitrogens with zero attached hydrogens (tertiary/aromatic N) is 3. The van der Waals surface area contributed by atoms with Gasteiger partial charge in [-0.1, -0.05) is 34.8 Å². The number of aromatic nitrogens is 2. The molecule has 0 aliphatic rings. The zero-order valence-electron chi connectivity index (χ0n) is 16.5. The molecule has 6 nitrogen and oxygen atoms in total. The Morgan fingerprint density at radius 1 is 1.10 bits per heavy atom. The van der Waals surface area contributed by atoms with Crippen molar-refractivity contribution in [1.29, 1.82) is 0 Å². The van der Waals surface area contributed by atoms with Crippen molar-refractivity contribution in [2.45, 2.75) is 31.3 Å². The van der Waals surface area contributed by atoms with E-state index in [9.17, 15) is 8.42 Å². The molecule has 10 heteroatoms. The molecule has 3 rings (SSSR count). The molecule has 1 heterocycles. The highest BCUT2D eigenvalue weighted by atomic mass is 35.5. The second-order valence-electron chi connectivity index (χ2n) is 6.54. The zero-order valence-corrected chi connectivity index (χ0v) is 19.6. The zero-order chi connectivity index (χ0) is 22.1. The van der Waals surface area contributed by atoms with Crippen LogP contribution in [0, 0.1) is 0 Å². The van der Waals surface area contributed by atoms with Crippen molar-refractivity contribution in [2.75, 3.05) is 7.05 Å². The molecule has 30 heavy (non-hydrogen) atoms. The third-order valence-electron chi connectivity index (χ3n) is 4.73. The summed E-state index contributed by atoms with van der Waals surface area (Å²) in [5, 5.41) is 1.07. The molecule has 2 aromatic carbocycles. The van der Waals surface area contributed by atoms with E-state index in [1.54, 1.807) is 37.4 Å². The molecule has 0 saturated heterocycles. The van der Waals surface area contributed by atoms with Gasteiger partial charge in [0.1, 0.15) is 5.75 Å². The minimum absolute atomic E-state index is 0.0615. The van der Waals surface area contributed by atoms with Crippen LogP contribution in [0.5, 0.6) is 11.8 Å². The summed E-state index contributed by atoms with van der Waals surface area (Å²) in [4.78, 5) is 4.40. The molecule has 0 aliphatic heterocycles. The molecule has 3 aromatic rings. The van der Waals surface area contributed by atoms with Gasteiger partial charge < -0.3 is 4.74 Å². The lowest BCUT2D eigenvalue weighted by Gasteiger charge is -2.25. The van der Waals surface area contributed by atoms with Gasteiger partial charge in [-0.3, -0.25) is 4.57 Å². The average Bonchev–Trinajstić information content (AvgIpc) is 3.12. The lowest BCUT2D eigenvalue weighted by Crippen LogP contribution is -2.31. The molecule has 0 bridgehead atoms. The van der Waals surface area contributed by atoms with Crippen LogP contribution in [0.1, 0.15) is 25.6 Å². The Morgan fingerprint density at radius 2 is 1.77 bits per heavy atom. The molecule has 0 spiro atoms. The fourth-order valence-corrected chi connectivity index (χ4v) is 4.76. The number of ether oxygens (including phenoxy) is 1. The molecule has 1 atom stereocenters. The van der Waals surface area contributed by atoms with E-state index in [0.29, 0.717) is 34.0 Å². The number of imidazole rings is 1. The molecule has 1 unspecified atom stereocenters. The van der Waals surface area contributed by atoms with Crippen LogP contribution in [0.3, 0.4) is 0 Å². The van der Waals surface area contributed by atoms with Gasteiger partial charge in [-0.15, -0.1) is 0 Å². The fraction of sp³-hybridized carbons (Fsp3) is 0.250. The van der Waals surface area contributed by atoms with Crippen LogP contribution in [0.4, 0.5) is 0 Å². The van der Waals surface area contributed by atoms with E-state index in [4.69, 9.17) is 39.5 Å². The highest BCUT2D eigenvalue weighted by Gasteiger charge is 2.29. The Hall–Kier alpha value is -1.77. The molecule has 0 aliphatic carbocycles. The molecule has 0 N–H and O–H groups in total. The van der Waals surface area contributed by atoms with E-state index in [2.05, 4.69) is 4.98 Å². The summed E-state index contributed by atoms with van der Waals surface area (Å²) < 4.78 is 35.1. The van der Waals surface area contributed by atoms with Gasteiger partial charge in [0.15, 0.2) is 0 Å². The van der Waals surface area contributed by atoms with Crippen LogP contribution in [-0.4, -0.2) is 29.3 Å². The molecule has 0 saturated carbocycles. The first-order valence-electron chi connectivity index (χ1n) is 9.07. The van der Waals surface area contributed by atoms with Gasteiger partial charge in [0.05, 0.1) is 32.9 Å². The van der Waals surface area contributed by atoms with Gasteiger partial charge in [0, 0.05) is 18.6 Å². The van der Waals surface area contributed by atoms with Crippen LogP contribution < -0.4 is 4.74 Å². The van der Waals surface area contributed by atoms with Crippen LogP contribution in [0.15, 0.2) is 53.6 Å². The standard InChI is InChI=1S/C20H20Cl3N3O3S/c1-4-26-19(12-24-20(26)29-15-7-5-14(21)6-8-15)13(2)25(3)30(27,28)16-9-10-17(22)18(23)11-16/h5-13H,4H2,1-3H3. The number of hydrogen-bond donors (Lipinski definition) is 0. The van der Waals surface area contributed by atoms with E-state index < -0.39 is 16.1 Å². The van der Waals surface area contributed by atoms with Crippen molar-refractivity contribution >= 4 is 44.8 Å². The summed E-state index contributed by atoms with van der Waals surface area (Å²) in [6.45, 7) is 4.26. The Kier molecular flexibility index (Phi) is 6.99. The molecule has 160 valence electrons. The van der Waals surface area contributed by atoms with Gasteiger partial charge in [0.25, 0.3) is 0 Å². The van der Waals surface area contributed by atoms with E-state index >= 15 is 0 Å². The lowest BCUT2D eigenvalue weighted by molar-refractivity contribution is 0.366. The maximum absolute atomic E-state index is 13.1. The largest absolute Gasteiger partial charge is 0.426 e. The van der Waals surface area contributed by atoms with Gasteiger partial charge in [-0.05, 0) is 56.3 Å². The van der Waals surface area contributed by atoms with Crippen molar-refractivity contribution in [3.63, 3.8) is 0 Å². The van der Waals surface area contributed by atoms with Crippen LogP contribution in [0.2, 0.25) is 15.1 Å². The van der Waals surface area contributed by atoms with Crippen molar-refractivity contribution < 1.29 is 13.2 Å². The second-order valence-corrected chi connectivity index (χ2v) is 9.79. The Labute approximate surface area is 191 Å². The lowest BCUT2D eigenvalue weighted by atomic mass is 10.2. The summed E-state index contributed by atoms with van der Waals surface area (Å²) in [6.07, 6.45) is 1.61. The second kappa shape index (κ2) is 9.16. The fourth-order valence-electron chi connectivity index (χ4n) is 2.91. The van der Waals surface area contributed by atoms with Gasteiger partial charge in [0.2, 0.25) is 10.0 Å². The first-order valence-corrected chi connectivity index (χ1v) is 11.6. The minimum atomic E-state index is -3.81. The number of hydrogen-bond acceptors (Lipinski definition) is 4. The third kappa shape index (κ3) is 4.60. The Morgan fingerprint density at radius 3 is 2.37 bits per heavy atom. The normalized spacial score (nSPS) is 12.9. The SMILES string of the molecule is CCn1c(C(C)N(C)S(=O)(=O)c2ccc(Cl)c(Cl)c2)cnc1Oc1ccc(Cl)cc1. The quantitative estimate of drug-likeness (QED) is 0.407. The molecule has 1 aromatic heterocycles. The molecular formula is C20H20Cl3N3O3S. The van der Waals surface area contributed by atoms with E-state index in [1.165, 1.54) is 29.6 Å². The first-order chi connectivity index (χ1) is 14.1. The highest BCUT2D eigenvalue weighted by molar-refractivity contribution is 7.89. The molecular weight excluding hydrogens is 469 g/mol. The maximum atomic E-state index is 13.1. The predicted octanol–water partition coefficient (Wildman–Crippen LogP) is 6.04. The summed E-state index contributed by atoms with van der Waals surface area (Å²) in [6, 6.07) is 11.0. The smallest absolute Gasteiger partial charge is 0.302 e. The number of sulfonamides is 1. The monoisotopic (exact) mass is 487 g/mol. The van der Waals surface area contributed by atoms with Gasteiger partial charge >= 0.3 is 6.01 Å². The highest BCUT2D eigenvalue weighted by Crippen LogP contribution is 2.32. The van der Waals surface area contributed by atoms with Gasteiger partial charge in [-0.25, -0.2) is 13.4 Å². The van der Waals surface area contributed by atoms with Crippen LogP contribution in [0.25, 0.3) is 0 Å². The molecule has 0 fully saturated rings. The molecule has 0 radical (unpaired) electrons. The topological polar surface area (TPSA) is 64.4 Å². The Bertz CT molecular complexity index is 1150.